The van der Waals surface area contributed by atoms with Gasteiger partial charge in [0.25, 0.3) is 5.91 Å². The first kappa shape index (κ1) is 26.9. The molecule has 3 aromatic rings. The van der Waals surface area contributed by atoms with E-state index in [1.54, 1.807) is 4.90 Å². The Labute approximate surface area is 223 Å². The maximum atomic E-state index is 12.7. The molecule has 1 atom stereocenters. The molecule has 0 aliphatic carbocycles. The highest BCUT2D eigenvalue weighted by molar-refractivity contribution is 6.00. The van der Waals surface area contributed by atoms with E-state index in [1.165, 1.54) is 0 Å². The van der Waals surface area contributed by atoms with Crippen molar-refractivity contribution in [2.45, 2.75) is 47.0 Å². The van der Waals surface area contributed by atoms with Crippen LogP contribution in [-0.4, -0.2) is 30.9 Å². The molecule has 198 valence electrons. The standard InChI is InChI=1S/C31H34N2O5/c1-19(2)27-11-6-20(3)15-28(27)38-26-9-7-25(8-10-26)33-17-23(16-30(33)35)31(36)37-18-29(34)32-24-13-21(4)12-22(5)14-24/h6-15,19,23H,16-18H2,1-5H3,(H,32,34)/t23-/m0/s1. The van der Waals surface area contributed by atoms with Gasteiger partial charge in [0.1, 0.15) is 11.5 Å². The number of esters is 1. The van der Waals surface area contributed by atoms with E-state index in [2.05, 4.69) is 31.3 Å². The van der Waals surface area contributed by atoms with Crippen molar-refractivity contribution in [3.05, 3.63) is 82.9 Å². The Morgan fingerprint density at radius 3 is 2.29 bits per heavy atom. The van der Waals surface area contributed by atoms with E-state index in [1.807, 2.05) is 69.3 Å². The predicted octanol–water partition coefficient (Wildman–Crippen LogP) is 6.06. The van der Waals surface area contributed by atoms with Crippen molar-refractivity contribution in [2.75, 3.05) is 23.4 Å². The Morgan fingerprint density at radius 2 is 1.63 bits per heavy atom. The summed E-state index contributed by atoms with van der Waals surface area (Å²) in [5, 5.41) is 2.74. The van der Waals surface area contributed by atoms with Gasteiger partial charge in [-0.2, -0.15) is 0 Å². The summed E-state index contributed by atoms with van der Waals surface area (Å²) in [5.41, 5.74) is 5.62. The maximum absolute atomic E-state index is 12.7. The molecule has 7 nitrogen and oxygen atoms in total. The molecule has 0 saturated carbocycles. The summed E-state index contributed by atoms with van der Waals surface area (Å²) >= 11 is 0. The van der Waals surface area contributed by atoms with E-state index in [0.29, 0.717) is 23.0 Å². The molecule has 1 aliphatic heterocycles. The lowest BCUT2D eigenvalue weighted by Crippen LogP contribution is -2.28. The molecule has 1 saturated heterocycles. The van der Waals surface area contributed by atoms with Gasteiger partial charge in [-0.25, -0.2) is 0 Å². The zero-order valence-electron chi connectivity index (χ0n) is 22.5. The predicted molar refractivity (Wildman–Crippen MR) is 148 cm³/mol. The fraction of sp³-hybridized carbons (Fsp3) is 0.323. The largest absolute Gasteiger partial charge is 0.457 e. The van der Waals surface area contributed by atoms with Crippen molar-refractivity contribution in [2.24, 2.45) is 5.92 Å². The molecule has 0 aromatic heterocycles. The topological polar surface area (TPSA) is 84.9 Å². The Hall–Kier alpha value is -4.13. The third-order valence-corrected chi connectivity index (χ3v) is 6.48. The molecular weight excluding hydrogens is 480 g/mol. The molecule has 38 heavy (non-hydrogen) atoms. The number of aryl methyl sites for hydroxylation is 3. The van der Waals surface area contributed by atoms with E-state index in [0.717, 1.165) is 28.0 Å². The van der Waals surface area contributed by atoms with Gasteiger partial charge in [0.2, 0.25) is 5.91 Å². The summed E-state index contributed by atoms with van der Waals surface area (Å²) in [7, 11) is 0. The Kier molecular flexibility index (Phi) is 8.15. The van der Waals surface area contributed by atoms with Crippen LogP contribution in [-0.2, 0) is 19.1 Å². The minimum atomic E-state index is -0.631. The lowest BCUT2D eigenvalue weighted by molar-refractivity contribution is -0.151. The minimum Gasteiger partial charge on any atom is -0.457 e. The van der Waals surface area contributed by atoms with E-state index >= 15 is 0 Å². The van der Waals surface area contributed by atoms with Crippen LogP contribution in [0.3, 0.4) is 0 Å². The van der Waals surface area contributed by atoms with Gasteiger partial charge in [-0.3, -0.25) is 14.4 Å². The van der Waals surface area contributed by atoms with Gasteiger partial charge >= 0.3 is 5.97 Å². The fourth-order valence-corrected chi connectivity index (χ4v) is 4.64. The SMILES string of the molecule is Cc1cc(C)cc(NC(=O)COC(=O)[C@H]2CC(=O)N(c3ccc(Oc4cc(C)ccc4C(C)C)cc3)C2)c1. The van der Waals surface area contributed by atoms with Crippen molar-refractivity contribution in [3.63, 3.8) is 0 Å². The number of benzene rings is 3. The Balaban J connectivity index is 1.33. The van der Waals surface area contributed by atoms with Crippen molar-refractivity contribution in [3.8, 4) is 11.5 Å². The molecule has 4 rings (SSSR count). The average Bonchev–Trinajstić information content (AvgIpc) is 3.24. The van der Waals surface area contributed by atoms with Crippen LogP contribution >= 0.6 is 0 Å². The Bertz CT molecular complexity index is 1330. The second-order valence-corrected chi connectivity index (χ2v) is 10.2. The van der Waals surface area contributed by atoms with Gasteiger partial charge in [0.15, 0.2) is 6.61 Å². The van der Waals surface area contributed by atoms with Gasteiger partial charge in [-0.05, 0) is 91.4 Å². The highest BCUT2D eigenvalue weighted by Gasteiger charge is 2.36. The summed E-state index contributed by atoms with van der Waals surface area (Å²) in [5.74, 6) is 0.0236. The molecule has 1 aliphatic rings. The normalized spacial score (nSPS) is 15.1. The molecule has 0 radical (unpaired) electrons. The number of nitrogens with zero attached hydrogens (tertiary/aromatic N) is 1. The van der Waals surface area contributed by atoms with Gasteiger partial charge in [-0.15, -0.1) is 0 Å². The average molecular weight is 515 g/mol. The third kappa shape index (κ3) is 6.59. The number of hydrogen-bond donors (Lipinski definition) is 1. The second-order valence-electron chi connectivity index (χ2n) is 10.2. The molecule has 0 spiro atoms. The number of ether oxygens (including phenoxy) is 2. The van der Waals surface area contributed by atoms with E-state index < -0.39 is 24.4 Å². The number of carbonyl (C=O) groups is 3. The first-order chi connectivity index (χ1) is 18.1. The zero-order valence-corrected chi connectivity index (χ0v) is 22.5. The molecular formula is C31H34N2O5. The molecule has 1 fully saturated rings. The third-order valence-electron chi connectivity index (χ3n) is 6.48. The van der Waals surface area contributed by atoms with Gasteiger partial charge < -0.3 is 19.7 Å². The highest BCUT2D eigenvalue weighted by Crippen LogP contribution is 2.33. The molecule has 1 N–H and O–H groups in total. The number of anilines is 2. The highest BCUT2D eigenvalue weighted by atomic mass is 16.5. The van der Waals surface area contributed by atoms with Crippen molar-refractivity contribution in [1.82, 2.24) is 0 Å². The monoisotopic (exact) mass is 514 g/mol. The maximum Gasteiger partial charge on any atom is 0.311 e. The van der Waals surface area contributed by atoms with Gasteiger partial charge in [-0.1, -0.05) is 32.0 Å². The van der Waals surface area contributed by atoms with E-state index in [9.17, 15) is 14.4 Å². The number of nitrogens with one attached hydrogen (secondary N) is 1. The van der Waals surface area contributed by atoms with Crippen molar-refractivity contribution < 1.29 is 23.9 Å². The van der Waals surface area contributed by atoms with Crippen LogP contribution in [0.25, 0.3) is 0 Å². The van der Waals surface area contributed by atoms with Crippen LogP contribution in [0, 0.1) is 26.7 Å². The van der Waals surface area contributed by atoms with Crippen LogP contribution in [0.4, 0.5) is 11.4 Å². The second kappa shape index (κ2) is 11.5. The fourth-order valence-electron chi connectivity index (χ4n) is 4.64. The number of rotatable bonds is 8. The van der Waals surface area contributed by atoms with Gasteiger partial charge in [0.05, 0.1) is 5.92 Å². The first-order valence-corrected chi connectivity index (χ1v) is 12.8. The summed E-state index contributed by atoms with van der Waals surface area (Å²) in [6, 6.07) is 19.1. The van der Waals surface area contributed by atoms with Gasteiger partial charge in [0, 0.05) is 24.3 Å². The zero-order chi connectivity index (χ0) is 27.4. The molecule has 7 heteroatoms. The number of carbonyl (C=O) groups excluding carboxylic acids is 3. The van der Waals surface area contributed by atoms with Crippen LogP contribution < -0.4 is 15.0 Å². The van der Waals surface area contributed by atoms with Crippen LogP contribution in [0.15, 0.2) is 60.7 Å². The minimum absolute atomic E-state index is 0.0385. The van der Waals surface area contributed by atoms with E-state index in [4.69, 9.17) is 9.47 Å². The lowest BCUT2D eigenvalue weighted by atomic mass is 10.0. The molecule has 0 unspecified atom stereocenters. The summed E-state index contributed by atoms with van der Waals surface area (Å²) in [4.78, 5) is 39.1. The van der Waals surface area contributed by atoms with Crippen LogP contribution in [0.1, 0.15) is 48.4 Å². The van der Waals surface area contributed by atoms with Crippen LogP contribution in [0.2, 0.25) is 0 Å². The Morgan fingerprint density at radius 1 is 0.947 bits per heavy atom. The summed E-state index contributed by atoms with van der Waals surface area (Å²) in [6.07, 6.45) is 0.0385. The smallest absolute Gasteiger partial charge is 0.311 e. The quantitative estimate of drug-likeness (QED) is 0.369. The molecule has 3 aromatic carbocycles. The summed E-state index contributed by atoms with van der Waals surface area (Å²) in [6.45, 7) is 9.96. The lowest BCUT2D eigenvalue weighted by Gasteiger charge is -2.18. The molecule has 1 heterocycles. The molecule has 0 bridgehead atoms. The number of amides is 2. The number of hydrogen-bond acceptors (Lipinski definition) is 5. The van der Waals surface area contributed by atoms with E-state index in [-0.39, 0.29) is 18.9 Å². The first-order valence-electron chi connectivity index (χ1n) is 12.8. The molecule has 2 amide bonds. The summed E-state index contributed by atoms with van der Waals surface area (Å²) < 4.78 is 11.4. The van der Waals surface area contributed by atoms with Crippen LogP contribution in [0.5, 0.6) is 11.5 Å². The van der Waals surface area contributed by atoms with Crippen molar-refractivity contribution >= 4 is 29.2 Å². The van der Waals surface area contributed by atoms with Crippen molar-refractivity contribution in [1.29, 1.82) is 0 Å².